The maximum absolute atomic E-state index is 13.2. The fourth-order valence-corrected chi connectivity index (χ4v) is 8.02. The maximum Gasteiger partial charge on any atom is 0.342 e. The number of hydrogen-bond acceptors (Lipinski definition) is 13. The summed E-state index contributed by atoms with van der Waals surface area (Å²) in [7, 11) is 0. The molecule has 1 spiro atoms. The van der Waals surface area contributed by atoms with Gasteiger partial charge in [-0.2, -0.15) is 0 Å². The molecule has 3 saturated heterocycles. The Morgan fingerprint density at radius 3 is 2.09 bits per heavy atom. The fraction of sp³-hybridized carbons (Fsp3) is 0.767. The largest absolute Gasteiger partial charge is 0.459 e. The average Bonchev–Trinajstić information content (AvgIpc) is 3.73. The second-order valence-corrected chi connectivity index (χ2v) is 12.9. The summed E-state index contributed by atoms with van der Waals surface area (Å²) in [5.41, 5.74) is -5.34. The van der Waals surface area contributed by atoms with Crippen LogP contribution < -0.4 is 0 Å². The van der Waals surface area contributed by atoms with E-state index in [2.05, 4.69) is 0 Å². The zero-order chi connectivity index (χ0) is 31.9. The van der Waals surface area contributed by atoms with Gasteiger partial charge in [-0.3, -0.25) is 19.2 Å². The van der Waals surface area contributed by atoms with Gasteiger partial charge in [0.25, 0.3) is 0 Å². The molecular weight excluding hydrogens is 568 g/mol. The number of aliphatic hydroxyl groups is 1. The van der Waals surface area contributed by atoms with Gasteiger partial charge in [0.05, 0.1) is 5.41 Å². The Morgan fingerprint density at radius 1 is 0.953 bits per heavy atom. The van der Waals surface area contributed by atoms with Crippen molar-refractivity contribution in [2.45, 2.75) is 134 Å². The smallest absolute Gasteiger partial charge is 0.342 e. The number of ether oxygens (including phenoxy) is 7. The van der Waals surface area contributed by atoms with E-state index in [1.165, 1.54) is 20.8 Å². The van der Waals surface area contributed by atoms with Crippen LogP contribution in [0.1, 0.15) is 74.7 Å². The normalized spacial score (nSPS) is 47.1. The lowest BCUT2D eigenvalue weighted by Gasteiger charge is -2.55. The van der Waals surface area contributed by atoms with Crippen LogP contribution in [-0.4, -0.2) is 94.5 Å². The number of carbonyl (C=O) groups excluding carboxylic acids is 5. The summed E-state index contributed by atoms with van der Waals surface area (Å²) < 4.78 is 41.9. The van der Waals surface area contributed by atoms with Crippen molar-refractivity contribution in [1.29, 1.82) is 0 Å². The number of carbonyl (C=O) groups is 5. The van der Waals surface area contributed by atoms with Crippen molar-refractivity contribution in [1.82, 2.24) is 0 Å². The summed E-state index contributed by atoms with van der Waals surface area (Å²) in [5, 5.41) is 11.6. The van der Waals surface area contributed by atoms with Crippen LogP contribution in [0.25, 0.3) is 0 Å². The van der Waals surface area contributed by atoms with E-state index in [-0.39, 0.29) is 12.8 Å². The molecule has 0 aromatic rings. The van der Waals surface area contributed by atoms with Crippen LogP contribution in [0.5, 0.6) is 0 Å². The minimum absolute atomic E-state index is 0.0265. The number of epoxide rings is 2. The Morgan fingerprint density at radius 2 is 1.53 bits per heavy atom. The zero-order valence-electron chi connectivity index (χ0n) is 25.7. The summed E-state index contributed by atoms with van der Waals surface area (Å²) >= 11 is 0. The molecule has 4 fully saturated rings. The molecule has 5 aliphatic rings. The van der Waals surface area contributed by atoms with Gasteiger partial charge >= 0.3 is 29.8 Å². The first kappa shape index (κ1) is 31.4. The molecule has 3 heterocycles. The molecule has 3 aliphatic heterocycles. The number of rotatable bonds is 6. The minimum atomic E-state index is -1.65. The molecule has 12 atom stereocenters. The monoisotopic (exact) mass is 608 g/mol. The lowest BCUT2D eigenvalue weighted by atomic mass is 9.52. The quantitative estimate of drug-likeness (QED) is 0.199. The van der Waals surface area contributed by atoms with Gasteiger partial charge < -0.3 is 38.3 Å². The van der Waals surface area contributed by atoms with Crippen molar-refractivity contribution in [3.8, 4) is 0 Å². The van der Waals surface area contributed by atoms with Crippen molar-refractivity contribution in [3.05, 3.63) is 11.6 Å². The van der Waals surface area contributed by atoms with Crippen LogP contribution in [0.2, 0.25) is 0 Å². The van der Waals surface area contributed by atoms with E-state index in [0.29, 0.717) is 12.0 Å². The molecule has 1 saturated carbocycles. The number of hydrogen-bond donors (Lipinski definition) is 1. The second kappa shape index (κ2) is 10.3. The minimum Gasteiger partial charge on any atom is -0.459 e. The Kier molecular flexibility index (Phi) is 7.50. The highest BCUT2D eigenvalue weighted by Crippen LogP contribution is 2.69. The van der Waals surface area contributed by atoms with Gasteiger partial charge in [0.2, 0.25) is 0 Å². The molecule has 1 N–H and O–H groups in total. The van der Waals surface area contributed by atoms with Gasteiger partial charge in [-0.1, -0.05) is 19.4 Å². The number of esters is 5. The third-order valence-corrected chi connectivity index (χ3v) is 9.78. The van der Waals surface area contributed by atoms with Crippen LogP contribution in [-0.2, 0) is 57.1 Å². The standard InChI is InChI=1S/C30H40O13/c1-9-10-19(34)40-17-11-13(2)12-18-30(29(8,43-30)26(36)41-18)25(39-16(5)33)21-27(6,22(17)37-14(3)31)23(38-15(4)32)20(35)24-28(21,7)42-24/h12,17-18,20-25,35H,9-11H2,1-8H3/b13-12-/t17-,18-,20-,21+,22+,23-,24-,25-,27-,28+,29-,30-/m0/s1. The summed E-state index contributed by atoms with van der Waals surface area (Å²) in [6, 6.07) is 0. The van der Waals surface area contributed by atoms with Crippen LogP contribution in [0.4, 0.5) is 0 Å². The van der Waals surface area contributed by atoms with E-state index in [0.717, 1.165) is 0 Å². The highest BCUT2D eigenvalue weighted by molar-refractivity contribution is 5.89. The second-order valence-electron chi connectivity index (χ2n) is 12.9. The van der Waals surface area contributed by atoms with E-state index >= 15 is 0 Å². The highest BCUT2D eigenvalue weighted by atomic mass is 16.7. The van der Waals surface area contributed by atoms with Crippen molar-refractivity contribution in [2.24, 2.45) is 11.3 Å². The number of fused-ring (bicyclic) bond motifs is 3. The van der Waals surface area contributed by atoms with Crippen molar-refractivity contribution < 1.29 is 62.2 Å². The Hall–Kier alpha value is -3.03. The molecule has 0 amide bonds. The molecular formula is C30H40O13. The maximum atomic E-state index is 13.2. The van der Waals surface area contributed by atoms with E-state index in [4.69, 9.17) is 33.2 Å². The van der Waals surface area contributed by atoms with Crippen LogP contribution in [0.15, 0.2) is 11.6 Å². The van der Waals surface area contributed by atoms with E-state index < -0.39 is 101 Å². The highest BCUT2D eigenvalue weighted by Gasteiger charge is 2.90. The summed E-state index contributed by atoms with van der Waals surface area (Å²) in [5.74, 6) is -4.44. The summed E-state index contributed by atoms with van der Waals surface area (Å²) in [6.45, 7) is 12.0. The van der Waals surface area contributed by atoms with Gasteiger partial charge in [0, 0.05) is 39.5 Å². The number of aliphatic hydroxyl groups excluding tert-OH is 1. The first-order chi connectivity index (χ1) is 20.0. The van der Waals surface area contributed by atoms with Crippen molar-refractivity contribution >= 4 is 29.8 Å². The Bertz CT molecular complexity index is 1280. The molecule has 43 heavy (non-hydrogen) atoms. The topological polar surface area (TPSA) is 177 Å². The molecule has 13 heteroatoms. The first-order valence-corrected chi connectivity index (χ1v) is 14.6. The van der Waals surface area contributed by atoms with Gasteiger partial charge in [0.1, 0.15) is 42.2 Å². The lowest BCUT2D eigenvalue weighted by molar-refractivity contribution is -0.242. The molecule has 0 radical (unpaired) electrons. The molecule has 0 unspecified atom stereocenters. The molecule has 0 bridgehead atoms. The van der Waals surface area contributed by atoms with Gasteiger partial charge in [-0.05, 0) is 33.3 Å². The predicted molar refractivity (Wildman–Crippen MR) is 143 cm³/mol. The SMILES string of the molecule is CCCC(=O)O[C@H]1C/C(C)=C\[C@@H]2OC(=O)[C@]3(C)O[C@]23[C@@H](OC(C)=O)[C@H]2[C@@]3(C)O[C@H]3[C@@H](O)[C@H](OC(C)=O)[C@]2(C)[C@@H]1OC(C)=O. The van der Waals surface area contributed by atoms with Crippen LogP contribution in [0.3, 0.4) is 0 Å². The van der Waals surface area contributed by atoms with Crippen molar-refractivity contribution in [3.63, 3.8) is 0 Å². The average molecular weight is 609 g/mol. The third kappa shape index (κ3) is 4.57. The molecule has 0 aromatic heterocycles. The predicted octanol–water partition coefficient (Wildman–Crippen LogP) is 1.45. The Labute approximate surface area is 249 Å². The molecule has 2 aliphatic carbocycles. The Balaban J connectivity index is 1.82. The zero-order valence-corrected chi connectivity index (χ0v) is 25.7. The third-order valence-electron chi connectivity index (χ3n) is 9.78. The fourth-order valence-electron chi connectivity index (χ4n) is 8.02. The van der Waals surface area contributed by atoms with Crippen LogP contribution >= 0.6 is 0 Å². The van der Waals surface area contributed by atoms with Crippen LogP contribution in [0, 0.1) is 11.3 Å². The van der Waals surface area contributed by atoms with Gasteiger partial charge in [-0.25, -0.2) is 4.79 Å². The lowest BCUT2D eigenvalue weighted by Crippen LogP contribution is -2.71. The molecule has 13 nitrogen and oxygen atoms in total. The molecule has 238 valence electrons. The van der Waals surface area contributed by atoms with Gasteiger partial charge in [0.15, 0.2) is 17.3 Å². The van der Waals surface area contributed by atoms with Crippen molar-refractivity contribution in [2.75, 3.05) is 0 Å². The molecule has 5 rings (SSSR count). The molecule has 0 aromatic carbocycles. The van der Waals surface area contributed by atoms with E-state index in [9.17, 15) is 29.1 Å². The van der Waals surface area contributed by atoms with E-state index in [1.54, 1.807) is 33.8 Å². The summed E-state index contributed by atoms with van der Waals surface area (Å²) in [6.07, 6.45) is -6.24. The first-order valence-electron chi connectivity index (χ1n) is 14.6. The summed E-state index contributed by atoms with van der Waals surface area (Å²) in [4.78, 5) is 64.2. The van der Waals surface area contributed by atoms with Gasteiger partial charge in [-0.15, -0.1) is 0 Å². The van der Waals surface area contributed by atoms with E-state index in [1.807, 2.05) is 6.92 Å².